The average molecular weight is 239 g/mol. The maximum Gasteiger partial charge on any atom is 0.269 e. The van der Waals surface area contributed by atoms with E-state index in [1.54, 1.807) is 24.4 Å². The number of fused-ring (bicyclic) bond motifs is 1. The van der Waals surface area contributed by atoms with Gasteiger partial charge in [0.1, 0.15) is 0 Å². The molecule has 0 fully saturated rings. The maximum atomic E-state index is 10.9. The van der Waals surface area contributed by atoms with Crippen LogP contribution >= 0.6 is 8.38 Å². The van der Waals surface area contributed by atoms with Gasteiger partial charge in [-0.05, 0) is 23.8 Å². The number of primary amides is 1. The molecule has 0 aliphatic carbocycles. The van der Waals surface area contributed by atoms with Crippen LogP contribution in [0, 0.1) is 0 Å². The number of nitrogens with two attached hydrogens (primary N) is 1. The fourth-order valence-electron chi connectivity index (χ4n) is 1.42. The number of carbonyl (C=O) groups is 1. The van der Waals surface area contributed by atoms with Crippen molar-refractivity contribution in [1.29, 1.82) is 0 Å². The Morgan fingerprint density at radius 2 is 2.25 bits per heavy atom. The van der Waals surface area contributed by atoms with E-state index in [2.05, 4.69) is 5.10 Å². The average Bonchev–Trinajstić information content (AvgIpc) is 2.59. The van der Waals surface area contributed by atoms with Crippen molar-refractivity contribution >= 4 is 19.8 Å². The second-order valence-electron chi connectivity index (χ2n) is 3.33. The molecular formula is C9H10N3O3P. The molecule has 0 atom stereocenters. The van der Waals surface area contributed by atoms with Crippen LogP contribution in [-0.4, -0.2) is 25.3 Å². The molecule has 2 aromatic heterocycles. The van der Waals surface area contributed by atoms with Crippen LogP contribution in [-0.2, 0) is 6.16 Å². The summed E-state index contributed by atoms with van der Waals surface area (Å²) in [7, 11) is -1.96. The summed E-state index contributed by atoms with van der Waals surface area (Å²) in [6, 6.07) is 5.01. The van der Waals surface area contributed by atoms with E-state index < -0.39 is 14.3 Å². The highest BCUT2D eigenvalue weighted by Gasteiger charge is 2.08. The van der Waals surface area contributed by atoms with E-state index >= 15 is 0 Å². The summed E-state index contributed by atoms with van der Waals surface area (Å²) in [4.78, 5) is 28.7. The first-order valence-corrected chi connectivity index (χ1v) is 5.93. The van der Waals surface area contributed by atoms with Crippen molar-refractivity contribution in [1.82, 2.24) is 9.61 Å². The van der Waals surface area contributed by atoms with Crippen LogP contribution in [0.5, 0.6) is 0 Å². The lowest BCUT2D eigenvalue weighted by Gasteiger charge is -2.02. The van der Waals surface area contributed by atoms with Crippen LogP contribution < -0.4 is 5.73 Å². The number of nitrogens with zero attached hydrogens (tertiary/aromatic N) is 2. The molecule has 16 heavy (non-hydrogen) atoms. The summed E-state index contributed by atoms with van der Waals surface area (Å²) in [5, 5.41) is 3.95. The van der Waals surface area contributed by atoms with Gasteiger partial charge in [0.05, 0.1) is 5.52 Å². The molecule has 0 aliphatic heterocycles. The standard InChI is InChI=1S/C9H10N3O3P/c10-9(13)8-4-7-3-6(5-16(14)15)1-2-12(7)11-8/h1-4,14-15H,5H2,(H2,10,13). The van der Waals surface area contributed by atoms with Gasteiger partial charge in [0, 0.05) is 12.4 Å². The first-order valence-electron chi connectivity index (χ1n) is 4.49. The summed E-state index contributed by atoms with van der Waals surface area (Å²) < 4.78 is 1.51. The van der Waals surface area contributed by atoms with Gasteiger partial charge in [-0.15, -0.1) is 0 Å². The second-order valence-corrected chi connectivity index (χ2v) is 4.39. The minimum Gasteiger partial charge on any atom is -0.364 e. The molecule has 7 heteroatoms. The molecule has 1 amide bonds. The van der Waals surface area contributed by atoms with Gasteiger partial charge in [0.25, 0.3) is 5.91 Å². The van der Waals surface area contributed by atoms with Crippen LogP contribution in [0.1, 0.15) is 16.1 Å². The number of pyridine rings is 1. The summed E-state index contributed by atoms with van der Waals surface area (Å²) in [5.41, 5.74) is 6.77. The second kappa shape index (κ2) is 4.17. The Morgan fingerprint density at radius 1 is 1.50 bits per heavy atom. The van der Waals surface area contributed by atoms with Gasteiger partial charge < -0.3 is 15.5 Å². The van der Waals surface area contributed by atoms with Crippen molar-refractivity contribution in [2.75, 3.05) is 0 Å². The number of hydrogen-bond acceptors (Lipinski definition) is 4. The van der Waals surface area contributed by atoms with Gasteiger partial charge in [0.2, 0.25) is 0 Å². The largest absolute Gasteiger partial charge is 0.364 e. The minimum atomic E-state index is -1.96. The molecule has 0 saturated carbocycles. The molecule has 0 spiro atoms. The van der Waals surface area contributed by atoms with Crippen molar-refractivity contribution in [2.24, 2.45) is 5.73 Å². The number of rotatable bonds is 3. The molecule has 84 valence electrons. The molecule has 2 heterocycles. The monoisotopic (exact) mass is 239 g/mol. The fraction of sp³-hybridized carbons (Fsp3) is 0.111. The number of hydrogen-bond donors (Lipinski definition) is 3. The molecule has 6 nitrogen and oxygen atoms in total. The number of amides is 1. The van der Waals surface area contributed by atoms with Crippen molar-refractivity contribution in [3.63, 3.8) is 0 Å². The highest BCUT2D eigenvalue weighted by Crippen LogP contribution is 2.29. The van der Waals surface area contributed by atoms with Gasteiger partial charge in [-0.25, -0.2) is 4.52 Å². The van der Waals surface area contributed by atoms with E-state index in [-0.39, 0.29) is 11.9 Å². The zero-order valence-electron chi connectivity index (χ0n) is 8.24. The van der Waals surface area contributed by atoms with Gasteiger partial charge in [-0.2, -0.15) is 5.10 Å². The van der Waals surface area contributed by atoms with E-state index in [1.165, 1.54) is 4.52 Å². The van der Waals surface area contributed by atoms with Crippen molar-refractivity contribution in [2.45, 2.75) is 6.16 Å². The molecule has 0 aliphatic rings. The van der Waals surface area contributed by atoms with E-state index in [0.717, 1.165) is 5.56 Å². The molecule has 0 aromatic carbocycles. The zero-order chi connectivity index (χ0) is 11.7. The molecular weight excluding hydrogens is 229 g/mol. The third kappa shape index (κ3) is 2.19. The van der Waals surface area contributed by atoms with Crippen molar-refractivity contribution in [3.8, 4) is 0 Å². The Hall–Kier alpha value is -1.49. The molecule has 0 unspecified atom stereocenters. The summed E-state index contributed by atoms with van der Waals surface area (Å²) in [6.45, 7) is 0. The molecule has 2 rings (SSSR count). The third-order valence-electron chi connectivity index (χ3n) is 2.10. The predicted molar refractivity (Wildman–Crippen MR) is 58.8 cm³/mol. The van der Waals surface area contributed by atoms with Crippen LogP contribution in [0.2, 0.25) is 0 Å². The van der Waals surface area contributed by atoms with E-state index in [9.17, 15) is 4.79 Å². The lowest BCUT2D eigenvalue weighted by molar-refractivity contribution is 0.0995. The number of carbonyl (C=O) groups excluding carboxylic acids is 1. The van der Waals surface area contributed by atoms with Gasteiger partial charge in [0.15, 0.2) is 14.1 Å². The van der Waals surface area contributed by atoms with Crippen LogP contribution in [0.3, 0.4) is 0 Å². The molecule has 0 saturated heterocycles. The highest BCUT2D eigenvalue weighted by atomic mass is 31.2. The lowest BCUT2D eigenvalue weighted by atomic mass is 10.2. The topological polar surface area (TPSA) is 101 Å². The van der Waals surface area contributed by atoms with Crippen LogP contribution in [0.4, 0.5) is 0 Å². The molecule has 2 aromatic rings. The SMILES string of the molecule is NC(=O)c1cc2cc(CP(O)O)ccn2n1. The third-order valence-corrected chi connectivity index (χ3v) is 2.75. The fourth-order valence-corrected chi connectivity index (χ4v) is 1.95. The Bertz CT molecular complexity index is 538. The Morgan fingerprint density at radius 3 is 2.88 bits per heavy atom. The van der Waals surface area contributed by atoms with Gasteiger partial charge in [-0.1, -0.05) is 0 Å². The molecule has 4 N–H and O–H groups in total. The van der Waals surface area contributed by atoms with Crippen molar-refractivity contribution in [3.05, 3.63) is 35.7 Å². The Kier molecular flexibility index (Phi) is 2.87. The van der Waals surface area contributed by atoms with Gasteiger partial charge >= 0.3 is 0 Å². The van der Waals surface area contributed by atoms with Crippen LogP contribution in [0.15, 0.2) is 24.4 Å². The highest BCUT2D eigenvalue weighted by molar-refractivity contribution is 7.44. The quantitative estimate of drug-likeness (QED) is 0.667. The maximum absolute atomic E-state index is 10.9. The Balaban J connectivity index is 2.41. The lowest BCUT2D eigenvalue weighted by Crippen LogP contribution is -2.11. The predicted octanol–water partition coefficient (Wildman–Crippen LogP) is 0.230. The zero-order valence-corrected chi connectivity index (χ0v) is 9.13. The minimum absolute atomic E-state index is 0.187. The summed E-state index contributed by atoms with van der Waals surface area (Å²) >= 11 is 0. The summed E-state index contributed by atoms with van der Waals surface area (Å²) in [5.74, 6) is -0.586. The number of aromatic nitrogens is 2. The van der Waals surface area contributed by atoms with E-state index in [0.29, 0.717) is 5.52 Å². The smallest absolute Gasteiger partial charge is 0.269 e. The van der Waals surface area contributed by atoms with E-state index in [4.69, 9.17) is 15.5 Å². The first-order chi connectivity index (χ1) is 7.56. The van der Waals surface area contributed by atoms with Crippen molar-refractivity contribution < 1.29 is 14.6 Å². The van der Waals surface area contributed by atoms with Gasteiger partial charge in [-0.3, -0.25) is 4.79 Å². The Labute approximate surface area is 92.2 Å². The summed E-state index contributed by atoms with van der Waals surface area (Å²) in [6.07, 6.45) is 1.85. The normalized spacial score (nSPS) is 11.2. The molecule has 0 bridgehead atoms. The first kappa shape index (κ1) is 11.0. The molecule has 0 radical (unpaired) electrons. The van der Waals surface area contributed by atoms with Crippen LogP contribution in [0.25, 0.3) is 5.52 Å². The van der Waals surface area contributed by atoms with E-state index in [1.807, 2.05) is 0 Å².